The SMILES string of the molecule is Nc1ccc(NCCC2CNCCO2)cn1. The maximum atomic E-state index is 5.60. The molecular formula is C11H18N4O. The minimum Gasteiger partial charge on any atom is -0.384 e. The highest BCUT2D eigenvalue weighted by Crippen LogP contribution is 2.08. The van der Waals surface area contributed by atoms with E-state index in [0.717, 1.165) is 38.3 Å². The highest BCUT2D eigenvalue weighted by molar-refractivity contribution is 5.45. The molecule has 88 valence electrons. The quantitative estimate of drug-likeness (QED) is 0.690. The number of morpholine rings is 1. The fourth-order valence-corrected chi connectivity index (χ4v) is 1.69. The van der Waals surface area contributed by atoms with Gasteiger partial charge in [-0.05, 0) is 18.6 Å². The van der Waals surface area contributed by atoms with Gasteiger partial charge in [0.1, 0.15) is 5.82 Å². The van der Waals surface area contributed by atoms with E-state index in [2.05, 4.69) is 15.6 Å². The highest BCUT2D eigenvalue weighted by Gasteiger charge is 2.12. The van der Waals surface area contributed by atoms with Crippen LogP contribution in [0.4, 0.5) is 11.5 Å². The van der Waals surface area contributed by atoms with Crippen molar-refractivity contribution in [3.8, 4) is 0 Å². The molecule has 1 aromatic heterocycles. The van der Waals surface area contributed by atoms with E-state index in [1.165, 1.54) is 0 Å². The Morgan fingerprint density at radius 2 is 2.50 bits per heavy atom. The number of nitrogen functional groups attached to an aromatic ring is 1. The minimum absolute atomic E-state index is 0.322. The zero-order valence-corrected chi connectivity index (χ0v) is 9.28. The first-order valence-corrected chi connectivity index (χ1v) is 5.62. The molecule has 16 heavy (non-hydrogen) atoms. The summed E-state index contributed by atoms with van der Waals surface area (Å²) < 4.78 is 5.60. The Morgan fingerprint density at radius 3 is 3.19 bits per heavy atom. The number of pyridine rings is 1. The minimum atomic E-state index is 0.322. The average Bonchev–Trinajstić information content (AvgIpc) is 2.33. The zero-order chi connectivity index (χ0) is 11.2. The van der Waals surface area contributed by atoms with Crippen LogP contribution in [-0.2, 0) is 4.74 Å². The van der Waals surface area contributed by atoms with Gasteiger partial charge in [-0.1, -0.05) is 0 Å². The topological polar surface area (TPSA) is 72.2 Å². The van der Waals surface area contributed by atoms with Crippen LogP contribution in [0.3, 0.4) is 0 Å². The third kappa shape index (κ3) is 3.36. The van der Waals surface area contributed by atoms with Crippen molar-refractivity contribution in [2.24, 2.45) is 0 Å². The van der Waals surface area contributed by atoms with Crippen LogP contribution in [0.2, 0.25) is 0 Å². The van der Waals surface area contributed by atoms with Crippen LogP contribution in [0.25, 0.3) is 0 Å². The molecule has 1 fully saturated rings. The number of nitrogens with two attached hydrogens (primary N) is 1. The van der Waals surface area contributed by atoms with Crippen molar-refractivity contribution in [3.05, 3.63) is 18.3 Å². The van der Waals surface area contributed by atoms with Crippen molar-refractivity contribution in [1.29, 1.82) is 0 Å². The maximum absolute atomic E-state index is 5.60. The molecule has 1 unspecified atom stereocenters. The molecule has 0 aromatic carbocycles. The highest BCUT2D eigenvalue weighted by atomic mass is 16.5. The Morgan fingerprint density at radius 1 is 1.56 bits per heavy atom. The molecule has 2 rings (SSSR count). The number of ether oxygens (including phenoxy) is 1. The average molecular weight is 222 g/mol. The van der Waals surface area contributed by atoms with Crippen molar-refractivity contribution < 1.29 is 4.74 Å². The smallest absolute Gasteiger partial charge is 0.123 e. The first kappa shape index (κ1) is 11.2. The first-order chi connectivity index (χ1) is 7.84. The molecule has 0 radical (unpaired) electrons. The van der Waals surface area contributed by atoms with Crippen LogP contribution in [0.5, 0.6) is 0 Å². The summed E-state index contributed by atoms with van der Waals surface area (Å²) in [6.45, 7) is 3.61. The maximum Gasteiger partial charge on any atom is 0.123 e. The normalized spacial score (nSPS) is 20.6. The summed E-state index contributed by atoms with van der Waals surface area (Å²) in [6, 6.07) is 3.73. The monoisotopic (exact) mass is 222 g/mol. The second-order valence-corrected chi connectivity index (χ2v) is 3.88. The lowest BCUT2D eigenvalue weighted by Crippen LogP contribution is -2.39. The summed E-state index contributed by atoms with van der Waals surface area (Å²) in [4.78, 5) is 4.02. The molecule has 5 nitrogen and oxygen atoms in total. The van der Waals surface area contributed by atoms with Gasteiger partial charge in [0, 0.05) is 19.6 Å². The Balaban J connectivity index is 1.69. The molecule has 0 amide bonds. The second kappa shape index (κ2) is 5.67. The van der Waals surface area contributed by atoms with E-state index in [0.29, 0.717) is 11.9 Å². The number of aromatic nitrogens is 1. The largest absolute Gasteiger partial charge is 0.384 e. The van der Waals surface area contributed by atoms with Crippen LogP contribution < -0.4 is 16.4 Å². The number of rotatable bonds is 4. The molecule has 1 atom stereocenters. The van der Waals surface area contributed by atoms with E-state index in [1.807, 2.05) is 6.07 Å². The summed E-state index contributed by atoms with van der Waals surface area (Å²) in [5, 5.41) is 6.60. The fraction of sp³-hybridized carbons (Fsp3) is 0.545. The van der Waals surface area contributed by atoms with Crippen LogP contribution in [-0.4, -0.2) is 37.3 Å². The zero-order valence-electron chi connectivity index (χ0n) is 9.28. The van der Waals surface area contributed by atoms with Crippen molar-refractivity contribution in [2.75, 3.05) is 37.3 Å². The van der Waals surface area contributed by atoms with Crippen LogP contribution >= 0.6 is 0 Å². The summed E-state index contributed by atoms with van der Waals surface area (Å²) in [6.07, 6.45) is 3.06. The van der Waals surface area contributed by atoms with E-state index >= 15 is 0 Å². The molecule has 0 saturated carbocycles. The fourth-order valence-electron chi connectivity index (χ4n) is 1.69. The van der Waals surface area contributed by atoms with Gasteiger partial charge >= 0.3 is 0 Å². The van der Waals surface area contributed by atoms with E-state index in [1.54, 1.807) is 12.3 Å². The standard InChI is InChI=1S/C11H18N4O/c12-11-2-1-9(7-15-11)14-4-3-10-8-13-5-6-16-10/h1-2,7,10,13-14H,3-6,8H2,(H2,12,15). The van der Waals surface area contributed by atoms with Gasteiger partial charge in [0.15, 0.2) is 0 Å². The van der Waals surface area contributed by atoms with Gasteiger partial charge in [0.2, 0.25) is 0 Å². The number of hydrogen-bond donors (Lipinski definition) is 3. The van der Waals surface area contributed by atoms with E-state index < -0.39 is 0 Å². The van der Waals surface area contributed by atoms with Crippen molar-refractivity contribution in [1.82, 2.24) is 10.3 Å². The lowest BCUT2D eigenvalue weighted by atomic mass is 10.2. The molecule has 1 aliphatic heterocycles. The summed E-state index contributed by atoms with van der Waals surface area (Å²) in [5.41, 5.74) is 6.50. The van der Waals surface area contributed by atoms with E-state index in [-0.39, 0.29) is 0 Å². The predicted octanol–water partition coefficient (Wildman–Crippen LogP) is 0.454. The molecule has 0 aliphatic carbocycles. The Hall–Kier alpha value is -1.33. The third-order valence-corrected chi connectivity index (χ3v) is 2.59. The van der Waals surface area contributed by atoms with Gasteiger partial charge < -0.3 is 21.1 Å². The molecule has 0 bridgehead atoms. The molecule has 1 saturated heterocycles. The van der Waals surface area contributed by atoms with Gasteiger partial charge in [-0.3, -0.25) is 0 Å². The Labute approximate surface area is 95.4 Å². The number of nitrogens with one attached hydrogen (secondary N) is 2. The van der Waals surface area contributed by atoms with Crippen LogP contribution in [0.15, 0.2) is 18.3 Å². The molecule has 1 aromatic rings. The van der Waals surface area contributed by atoms with Crippen molar-refractivity contribution >= 4 is 11.5 Å². The molecule has 1 aliphatic rings. The molecule has 2 heterocycles. The molecular weight excluding hydrogens is 204 g/mol. The van der Waals surface area contributed by atoms with Crippen molar-refractivity contribution in [3.63, 3.8) is 0 Å². The molecule has 0 spiro atoms. The number of hydrogen-bond acceptors (Lipinski definition) is 5. The summed E-state index contributed by atoms with van der Waals surface area (Å²) >= 11 is 0. The first-order valence-electron chi connectivity index (χ1n) is 5.62. The van der Waals surface area contributed by atoms with E-state index in [9.17, 15) is 0 Å². The van der Waals surface area contributed by atoms with Crippen LogP contribution in [0, 0.1) is 0 Å². The van der Waals surface area contributed by atoms with Gasteiger partial charge in [0.25, 0.3) is 0 Å². The summed E-state index contributed by atoms with van der Waals surface area (Å²) in [5.74, 6) is 0.547. The lowest BCUT2D eigenvalue weighted by Gasteiger charge is -2.23. The number of anilines is 2. The van der Waals surface area contributed by atoms with Gasteiger partial charge in [0.05, 0.1) is 24.6 Å². The Kier molecular flexibility index (Phi) is 3.96. The number of nitrogens with zero attached hydrogens (tertiary/aromatic N) is 1. The lowest BCUT2D eigenvalue weighted by molar-refractivity contribution is 0.0258. The summed E-state index contributed by atoms with van der Waals surface area (Å²) in [7, 11) is 0. The van der Waals surface area contributed by atoms with Crippen LogP contribution in [0.1, 0.15) is 6.42 Å². The predicted molar refractivity (Wildman–Crippen MR) is 64.4 cm³/mol. The second-order valence-electron chi connectivity index (χ2n) is 3.88. The Bertz CT molecular complexity index is 308. The van der Waals surface area contributed by atoms with Gasteiger partial charge in [-0.2, -0.15) is 0 Å². The third-order valence-electron chi connectivity index (χ3n) is 2.59. The van der Waals surface area contributed by atoms with E-state index in [4.69, 9.17) is 10.5 Å². The van der Waals surface area contributed by atoms with Gasteiger partial charge in [-0.25, -0.2) is 4.98 Å². The van der Waals surface area contributed by atoms with Crippen molar-refractivity contribution in [2.45, 2.75) is 12.5 Å². The molecule has 5 heteroatoms. The molecule has 4 N–H and O–H groups in total. The van der Waals surface area contributed by atoms with Gasteiger partial charge in [-0.15, -0.1) is 0 Å².